The molecule has 0 aliphatic rings. The Labute approximate surface area is 290 Å². The van der Waals surface area contributed by atoms with E-state index in [2.05, 4.69) is 18.2 Å². The van der Waals surface area contributed by atoms with Crippen LogP contribution in [0.1, 0.15) is 5.56 Å². The number of rotatable bonds is 7. The van der Waals surface area contributed by atoms with E-state index in [1.165, 1.54) is 0 Å². The van der Waals surface area contributed by atoms with Crippen LogP contribution >= 0.6 is 0 Å². The van der Waals surface area contributed by atoms with Gasteiger partial charge in [-0.2, -0.15) is 5.26 Å². The molecule has 2 heterocycles. The molecule has 8 aromatic rings. The van der Waals surface area contributed by atoms with Crippen LogP contribution in [0.15, 0.2) is 170 Å². The largest absolute Gasteiger partial charge is 0.243 e. The van der Waals surface area contributed by atoms with E-state index < -0.39 is 0 Å². The summed E-state index contributed by atoms with van der Waals surface area (Å²) >= 11 is 0. The van der Waals surface area contributed by atoms with Gasteiger partial charge in [0, 0.05) is 38.9 Å². The summed E-state index contributed by atoms with van der Waals surface area (Å²) in [5.41, 5.74) is 9.75. The van der Waals surface area contributed by atoms with Crippen molar-refractivity contribution in [3.8, 4) is 85.3 Å². The zero-order valence-corrected chi connectivity index (χ0v) is 26.8. The van der Waals surface area contributed by atoms with Crippen LogP contribution in [0, 0.1) is 11.3 Å². The van der Waals surface area contributed by atoms with Gasteiger partial charge in [0.25, 0.3) is 0 Å². The lowest BCUT2D eigenvalue weighted by atomic mass is 9.98. The number of nitriles is 1. The van der Waals surface area contributed by atoms with Gasteiger partial charge in [-0.05, 0) is 12.1 Å². The highest BCUT2D eigenvalue weighted by Crippen LogP contribution is 2.38. The molecule has 50 heavy (non-hydrogen) atoms. The van der Waals surface area contributed by atoms with Crippen molar-refractivity contribution in [2.75, 3.05) is 0 Å². The van der Waals surface area contributed by atoms with Crippen molar-refractivity contribution < 1.29 is 0 Å². The van der Waals surface area contributed by atoms with Gasteiger partial charge < -0.3 is 0 Å². The van der Waals surface area contributed by atoms with E-state index in [1.807, 2.05) is 152 Å². The van der Waals surface area contributed by atoms with Gasteiger partial charge in [0.05, 0.1) is 34.4 Å². The van der Waals surface area contributed by atoms with Crippen LogP contribution in [-0.2, 0) is 0 Å². The average molecular weight is 641 g/mol. The van der Waals surface area contributed by atoms with E-state index >= 15 is 0 Å². The van der Waals surface area contributed by atoms with Crippen LogP contribution < -0.4 is 0 Å². The summed E-state index contributed by atoms with van der Waals surface area (Å²) in [4.78, 5) is 25.3. The first-order valence-electron chi connectivity index (χ1n) is 16.2. The molecule has 0 aliphatic heterocycles. The van der Waals surface area contributed by atoms with Crippen LogP contribution in [0.5, 0.6) is 0 Å². The summed E-state index contributed by atoms with van der Waals surface area (Å²) < 4.78 is 0. The smallest absolute Gasteiger partial charge is 0.164 e. The minimum Gasteiger partial charge on any atom is -0.243 e. The van der Waals surface area contributed by atoms with Crippen molar-refractivity contribution in [3.63, 3.8) is 0 Å². The second kappa shape index (κ2) is 13.6. The van der Waals surface area contributed by atoms with Crippen LogP contribution in [-0.4, -0.2) is 24.9 Å². The molecule has 0 spiro atoms. The highest BCUT2D eigenvalue weighted by atomic mass is 15.0. The Morgan fingerprint density at radius 3 is 1.04 bits per heavy atom. The van der Waals surface area contributed by atoms with Crippen LogP contribution in [0.2, 0.25) is 0 Å². The summed E-state index contributed by atoms with van der Waals surface area (Å²) in [5, 5.41) is 9.74. The average Bonchev–Trinajstić information content (AvgIpc) is 3.21. The van der Waals surface area contributed by atoms with Crippen molar-refractivity contribution in [1.82, 2.24) is 24.9 Å². The van der Waals surface area contributed by atoms with Gasteiger partial charge in [0.2, 0.25) is 0 Å². The Bertz CT molecular complexity index is 2400. The molecule has 6 nitrogen and oxygen atoms in total. The van der Waals surface area contributed by atoms with Crippen LogP contribution in [0.25, 0.3) is 79.2 Å². The monoisotopic (exact) mass is 640 g/mol. The number of benzene rings is 6. The molecule has 0 atom stereocenters. The maximum Gasteiger partial charge on any atom is 0.164 e. The number of nitrogens with zero attached hydrogens (tertiary/aromatic N) is 6. The maximum absolute atomic E-state index is 9.74. The molecule has 0 aliphatic carbocycles. The van der Waals surface area contributed by atoms with Crippen LogP contribution in [0.3, 0.4) is 0 Å². The van der Waals surface area contributed by atoms with Gasteiger partial charge in [-0.15, -0.1) is 0 Å². The van der Waals surface area contributed by atoms with Crippen molar-refractivity contribution in [2.45, 2.75) is 0 Å². The van der Waals surface area contributed by atoms with Gasteiger partial charge in [-0.25, -0.2) is 24.9 Å². The molecule has 234 valence electrons. The summed E-state index contributed by atoms with van der Waals surface area (Å²) in [6.07, 6.45) is 0. The molecule has 2 aromatic heterocycles. The molecule has 0 radical (unpaired) electrons. The number of hydrogen-bond donors (Lipinski definition) is 0. The SMILES string of the molecule is N#Cc1cccc(-c2nc(-c3ccccc3)c(-c3ccccc3)nc2-c2ccc(-c3nc(-c4ccccc4)nc(-c4ccccc4)n3)cc2)c1. The van der Waals surface area contributed by atoms with Crippen LogP contribution in [0.4, 0.5) is 0 Å². The first-order valence-corrected chi connectivity index (χ1v) is 16.2. The van der Waals surface area contributed by atoms with Gasteiger partial charge in [0.1, 0.15) is 0 Å². The molecule has 0 saturated carbocycles. The van der Waals surface area contributed by atoms with Gasteiger partial charge in [0.15, 0.2) is 17.5 Å². The fraction of sp³-hybridized carbons (Fsp3) is 0. The molecule has 0 saturated heterocycles. The lowest BCUT2D eigenvalue weighted by molar-refractivity contribution is 1.07. The summed E-state index contributed by atoms with van der Waals surface area (Å²) in [6.45, 7) is 0. The molecule has 6 heteroatoms. The molecule has 0 N–H and O–H groups in total. The third-order valence-electron chi connectivity index (χ3n) is 8.37. The third-order valence-corrected chi connectivity index (χ3v) is 8.37. The molecule has 0 fully saturated rings. The van der Waals surface area contributed by atoms with E-state index in [9.17, 15) is 5.26 Å². The fourth-order valence-corrected chi connectivity index (χ4v) is 5.88. The third kappa shape index (κ3) is 6.15. The van der Waals surface area contributed by atoms with E-state index in [1.54, 1.807) is 6.07 Å². The second-order valence-corrected chi connectivity index (χ2v) is 11.7. The minimum absolute atomic E-state index is 0.553. The standard InChI is InChI=1S/C44H28N6/c45-29-30-14-13-23-37(28-30)41-40(46-38(31-15-5-1-6-16-31)39(47-41)32-17-7-2-8-18-32)33-24-26-36(27-25-33)44-49-42(34-19-9-3-10-20-34)48-43(50-44)35-21-11-4-12-22-35/h1-28H. The predicted octanol–water partition coefficient (Wildman–Crippen LogP) is 10.2. The minimum atomic E-state index is 0.553. The van der Waals surface area contributed by atoms with Gasteiger partial charge >= 0.3 is 0 Å². The summed E-state index contributed by atoms with van der Waals surface area (Å²) in [5.74, 6) is 1.78. The zero-order chi connectivity index (χ0) is 33.7. The second-order valence-electron chi connectivity index (χ2n) is 11.7. The Hall–Kier alpha value is -7.10. The lowest BCUT2D eigenvalue weighted by Gasteiger charge is -2.16. The summed E-state index contributed by atoms with van der Waals surface area (Å²) in [6, 6.07) is 57.9. The molecule has 0 amide bonds. The highest BCUT2D eigenvalue weighted by molar-refractivity contribution is 5.87. The van der Waals surface area contributed by atoms with E-state index in [0.29, 0.717) is 34.4 Å². The Kier molecular flexibility index (Phi) is 8.20. The number of hydrogen-bond acceptors (Lipinski definition) is 6. The van der Waals surface area contributed by atoms with Crippen molar-refractivity contribution in [3.05, 3.63) is 175 Å². The van der Waals surface area contributed by atoms with E-state index in [-0.39, 0.29) is 0 Å². The van der Waals surface area contributed by atoms with Gasteiger partial charge in [-0.3, -0.25) is 0 Å². The normalized spacial score (nSPS) is 10.8. The molecule has 8 rings (SSSR count). The molecule has 0 unspecified atom stereocenters. The molecule has 6 aromatic carbocycles. The van der Waals surface area contributed by atoms with Crippen molar-refractivity contribution in [2.24, 2.45) is 0 Å². The first kappa shape index (κ1) is 30.2. The quantitative estimate of drug-likeness (QED) is 0.172. The number of aromatic nitrogens is 5. The highest BCUT2D eigenvalue weighted by Gasteiger charge is 2.20. The lowest BCUT2D eigenvalue weighted by Crippen LogP contribution is -2.01. The van der Waals surface area contributed by atoms with E-state index in [0.717, 1.165) is 50.3 Å². The first-order chi connectivity index (χ1) is 24.7. The summed E-state index contributed by atoms with van der Waals surface area (Å²) in [7, 11) is 0. The maximum atomic E-state index is 9.74. The van der Waals surface area contributed by atoms with Crippen molar-refractivity contribution >= 4 is 0 Å². The topological polar surface area (TPSA) is 88.2 Å². The Morgan fingerprint density at radius 2 is 0.620 bits per heavy atom. The molecular formula is C44H28N6. The zero-order valence-electron chi connectivity index (χ0n) is 26.8. The van der Waals surface area contributed by atoms with E-state index in [4.69, 9.17) is 24.9 Å². The predicted molar refractivity (Wildman–Crippen MR) is 198 cm³/mol. The molecule has 0 bridgehead atoms. The Balaban J connectivity index is 1.30. The molecular weight excluding hydrogens is 613 g/mol. The fourth-order valence-electron chi connectivity index (χ4n) is 5.88. The van der Waals surface area contributed by atoms with Crippen molar-refractivity contribution in [1.29, 1.82) is 5.26 Å². The Morgan fingerprint density at radius 1 is 0.300 bits per heavy atom. The van der Waals surface area contributed by atoms with Gasteiger partial charge in [-0.1, -0.05) is 158 Å².